The summed E-state index contributed by atoms with van der Waals surface area (Å²) in [6.45, 7) is 2.91. The van der Waals surface area contributed by atoms with E-state index < -0.39 is 0 Å². The zero-order valence-electron chi connectivity index (χ0n) is 12.5. The van der Waals surface area contributed by atoms with E-state index in [1.165, 1.54) is 0 Å². The van der Waals surface area contributed by atoms with Crippen molar-refractivity contribution in [3.8, 4) is 0 Å². The lowest BCUT2D eigenvalue weighted by molar-refractivity contribution is -0.119. The second kappa shape index (κ2) is 6.47. The van der Waals surface area contributed by atoms with Gasteiger partial charge in [-0.3, -0.25) is 9.59 Å². The summed E-state index contributed by atoms with van der Waals surface area (Å²) in [4.78, 5) is 25.0. The van der Waals surface area contributed by atoms with Gasteiger partial charge in [0.15, 0.2) is 0 Å². The first-order valence-electron chi connectivity index (χ1n) is 7.21. The van der Waals surface area contributed by atoms with Crippen molar-refractivity contribution in [2.75, 3.05) is 36.1 Å². The second-order valence-corrected chi connectivity index (χ2v) is 5.32. The minimum Gasteiger partial charge on any atom is -0.397 e. The average Bonchev–Trinajstić information content (AvgIpc) is 2.44. The Hall–Kier alpha value is -2.24. The first-order valence-corrected chi connectivity index (χ1v) is 7.21. The molecular formula is C15H22N4O2. The maximum Gasteiger partial charge on any atom is 0.239 e. The number of nitrogens with two attached hydrogens (primary N) is 1. The van der Waals surface area contributed by atoms with Crippen LogP contribution >= 0.6 is 0 Å². The Kier molecular flexibility index (Phi) is 4.67. The van der Waals surface area contributed by atoms with Crippen molar-refractivity contribution in [3.63, 3.8) is 0 Å². The van der Waals surface area contributed by atoms with E-state index in [1.54, 1.807) is 4.90 Å². The van der Waals surface area contributed by atoms with Crippen molar-refractivity contribution >= 4 is 28.9 Å². The lowest BCUT2D eigenvalue weighted by Crippen LogP contribution is -2.35. The Morgan fingerprint density at radius 3 is 2.90 bits per heavy atom. The van der Waals surface area contributed by atoms with Crippen LogP contribution in [0.25, 0.3) is 0 Å². The number of hydrogen-bond donors (Lipinski definition) is 3. The summed E-state index contributed by atoms with van der Waals surface area (Å²) in [6.07, 6.45) is 2.09. The van der Waals surface area contributed by atoms with Crippen LogP contribution in [0.2, 0.25) is 0 Å². The molecule has 114 valence electrons. The minimum atomic E-state index is -0.0412. The van der Waals surface area contributed by atoms with Gasteiger partial charge in [0.25, 0.3) is 0 Å². The molecule has 0 saturated carbocycles. The van der Waals surface area contributed by atoms with Crippen LogP contribution in [-0.4, -0.2) is 32.0 Å². The fourth-order valence-corrected chi connectivity index (χ4v) is 2.39. The molecule has 0 aromatic heterocycles. The molecule has 0 spiro atoms. The SMILES string of the molecule is CCCNC(=O)CN(C)c1cc2c(cc1N)CCC(=O)N2. The molecule has 0 unspecified atom stereocenters. The maximum atomic E-state index is 11.8. The molecule has 1 aliphatic rings. The number of likely N-dealkylation sites (N-methyl/N-ethyl adjacent to an activating group) is 1. The van der Waals surface area contributed by atoms with Crippen molar-refractivity contribution in [1.29, 1.82) is 0 Å². The zero-order chi connectivity index (χ0) is 15.4. The summed E-state index contributed by atoms with van der Waals surface area (Å²) in [6, 6.07) is 3.72. The van der Waals surface area contributed by atoms with Crippen LogP contribution in [0.4, 0.5) is 17.1 Å². The van der Waals surface area contributed by atoms with Crippen LogP contribution in [0.3, 0.4) is 0 Å². The van der Waals surface area contributed by atoms with Gasteiger partial charge in [0.2, 0.25) is 11.8 Å². The third-order valence-electron chi connectivity index (χ3n) is 3.51. The largest absolute Gasteiger partial charge is 0.397 e. The summed E-state index contributed by atoms with van der Waals surface area (Å²) < 4.78 is 0. The van der Waals surface area contributed by atoms with Crippen LogP contribution in [-0.2, 0) is 16.0 Å². The highest BCUT2D eigenvalue weighted by Gasteiger charge is 2.18. The number of carbonyl (C=O) groups excluding carboxylic acids is 2. The van der Waals surface area contributed by atoms with Crippen molar-refractivity contribution in [2.45, 2.75) is 26.2 Å². The normalized spacial score (nSPS) is 13.3. The number of rotatable bonds is 5. The Morgan fingerprint density at radius 1 is 1.43 bits per heavy atom. The minimum absolute atomic E-state index is 0.0153. The molecule has 1 aromatic carbocycles. The molecule has 1 aliphatic heterocycles. The second-order valence-electron chi connectivity index (χ2n) is 5.32. The van der Waals surface area contributed by atoms with Gasteiger partial charge in [-0.05, 0) is 30.5 Å². The average molecular weight is 290 g/mol. The molecule has 0 atom stereocenters. The first kappa shape index (κ1) is 15.2. The summed E-state index contributed by atoms with van der Waals surface area (Å²) in [5.74, 6) is -0.0259. The molecule has 0 saturated heterocycles. The van der Waals surface area contributed by atoms with Crippen LogP contribution in [0, 0.1) is 0 Å². The highest BCUT2D eigenvalue weighted by atomic mass is 16.2. The van der Waals surface area contributed by atoms with E-state index in [2.05, 4.69) is 10.6 Å². The first-order chi connectivity index (χ1) is 10.0. The zero-order valence-corrected chi connectivity index (χ0v) is 12.5. The van der Waals surface area contributed by atoms with Crippen LogP contribution in [0.15, 0.2) is 12.1 Å². The third-order valence-corrected chi connectivity index (χ3v) is 3.51. The number of aryl methyl sites for hydroxylation is 1. The Labute approximate surface area is 124 Å². The van der Waals surface area contributed by atoms with E-state index in [9.17, 15) is 9.59 Å². The number of carbonyl (C=O) groups is 2. The molecular weight excluding hydrogens is 268 g/mol. The van der Waals surface area contributed by atoms with Gasteiger partial charge in [-0.15, -0.1) is 0 Å². The van der Waals surface area contributed by atoms with Gasteiger partial charge in [-0.2, -0.15) is 0 Å². The van der Waals surface area contributed by atoms with Crippen molar-refractivity contribution in [2.24, 2.45) is 0 Å². The van der Waals surface area contributed by atoms with E-state index in [0.29, 0.717) is 25.1 Å². The molecule has 4 N–H and O–H groups in total. The molecule has 0 radical (unpaired) electrons. The molecule has 6 heteroatoms. The number of amides is 2. The fourth-order valence-electron chi connectivity index (χ4n) is 2.39. The molecule has 0 bridgehead atoms. The van der Waals surface area contributed by atoms with E-state index >= 15 is 0 Å². The van der Waals surface area contributed by atoms with Gasteiger partial charge in [-0.1, -0.05) is 6.92 Å². The number of nitrogen functional groups attached to an aromatic ring is 1. The van der Waals surface area contributed by atoms with Crippen molar-refractivity contribution in [3.05, 3.63) is 17.7 Å². The standard InChI is InChI=1S/C15H22N4O2/c1-3-6-17-15(21)9-19(2)13-8-12-10(7-11(13)16)4-5-14(20)18-12/h7-8H,3-6,9,16H2,1-2H3,(H,17,21)(H,18,20). The lowest BCUT2D eigenvalue weighted by atomic mass is 10.0. The number of benzene rings is 1. The van der Waals surface area contributed by atoms with Crippen LogP contribution < -0.4 is 21.3 Å². The Morgan fingerprint density at radius 2 is 2.19 bits per heavy atom. The molecule has 1 heterocycles. The van der Waals surface area contributed by atoms with Gasteiger partial charge in [0, 0.05) is 25.7 Å². The molecule has 21 heavy (non-hydrogen) atoms. The van der Waals surface area contributed by atoms with Crippen LogP contribution in [0.1, 0.15) is 25.3 Å². The summed E-state index contributed by atoms with van der Waals surface area (Å²) >= 11 is 0. The summed E-state index contributed by atoms with van der Waals surface area (Å²) in [7, 11) is 1.81. The van der Waals surface area contributed by atoms with E-state index in [-0.39, 0.29) is 18.4 Å². The smallest absolute Gasteiger partial charge is 0.239 e. The number of anilines is 3. The topological polar surface area (TPSA) is 87.5 Å². The van der Waals surface area contributed by atoms with Gasteiger partial charge < -0.3 is 21.3 Å². The van der Waals surface area contributed by atoms with Gasteiger partial charge >= 0.3 is 0 Å². The molecule has 0 fully saturated rings. The highest BCUT2D eigenvalue weighted by molar-refractivity contribution is 5.96. The van der Waals surface area contributed by atoms with E-state index in [0.717, 1.165) is 23.4 Å². The van der Waals surface area contributed by atoms with E-state index in [4.69, 9.17) is 5.73 Å². The third kappa shape index (κ3) is 3.65. The molecule has 2 rings (SSSR count). The quantitative estimate of drug-likeness (QED) is 0.709. The lowest BCUT2D eigenvalue weighted by Gasteiger charge is -2.24. The van der Waals surface area contributed by atoms with Crippen molar-refractivity contribution < 1.29 is 9.59 Å². The predicted molar refractivity (Wildman–Crippen MR) is 84.4 cm³/mol. The number of fused-ring (bicyclic) bond motifs is 1. The molecule has 1 aromatic rings. The monoisotopic (exact) mass is 290 g/mol. The molecule has 6 nitrogen and oxygen atoms in total. The van der Waals surface area contributed by atoms with E-state index in [1.807, 2.05) is 26.1 Å². The Bertz CT molecular complexity index is 557. The molecule has 0 aliphatic carbocycles. The molecule has 2 amide bonds. The number of hydrogen-bond acceptors (Lipinski definition) is 4. The van der Waals surface area contributed by atoms with Crippen molar-refractivity contribution in [1.82, 2.24) is 5.32 Å². The van der Waals surface area contributed by atoms with Gasteiger partial charge in [0.1, 0.15) is 0 Å². The summed E-state index contributed by atoms with van der Waals surface area (Å²) in [5.41, 5.74) is 9.27. The number of nitrogens with one attached hydrogen (secondary N) is 2. The summed E-state index contributed by atoms with van der Waals surface area (Å²) in [5, 5.41) is 5.68. The van der Waals surface area contributed by atoms with Gasteiger partial charge in [0.05, 0.1) is 17.9 Å². The number of nitrogens with zero attached hydrogens (tertiary/aromatic N) is 1. The predicted octanol–water partition coefficient (Wildman–Crippen LogP) is 1.12. The fraction of sp³-hybridized carbons (Fsp3) is 0.467. The highest BCUT2D eigenvalue weighted by Crippen LogP contribution is 2.32. The van der Waals surface area contributed by atoms with Crippen LogP contribution in [0.5, 0.6) is 0 Å². The van der Waals surface area contributed by atoms with Gasteiger partial charge in [-0.25, -0.2) is 0 Å². The Balaban J connectivity index is 2.13. The maximum absolute atomic E-state index is 11.8.